The molecule has 1 fully saturated rings. The Labute approximate surface area is 114 Å². The summed E-state index contributed by atoms with van der Waals surface area (Å²) in [5.74, 6) is 0.543. The van der Waals surface area contributed by atoms with E-state index in [1.54, 1.807) is 23.7 Å². The molecule has 1 amide bonds. The summed E-state index contributed by atoms with van der Waals surface area (Å²) in [6.45, 7) is 7.84. The van der Waals surface area contributed by atoms with Gasteiger partial charge in [0.05, 0.1) is 11.4 Å². The lowest BCUT2D eigenvalue weighted by atomic mass is 9.94. The fraction of sp³-hybridized carbons (Fsp3) is 0.923. The lowest BCUT2D eigenvalue weighted by molar-refractivity contribution is -0.134. The quantitative estimate of drug-likeness (QED) is 0.845. The number of nitrogens with zero attached hydrogens (tertiary/aromatic N) is 1. The Morgan fingerprint density at radius 2 is 1.94 bits per heavy atom. The molecule has 0 bridgehead atoms. The van der Waals surface area contributed by atoms with Crippen molar-refractivity contribution in [1.82, 2.24) is 4.90 Å². The number of likely N-dealkylation sites (N-methyl/N-ethyl adjacent to an activating group) is 1. The molecule has 1 heterocycles. The molecule has 18 heavy (non-hydrogen) atoms. The lowest BCUT2D eigenvalue weighted by Crippen LogP contribution is -2.47. The van der Waals surface area contributed by atoms with Crippen molar-refractivity contribution in [2.24, 2.45) is 0 Å². The standard InChI is InChI=1S/C13H25NO3S/c1-12(2,3)18-9-11(15)14(4)10-13(16)5-7-17-8-6-13/h16H,5-10H2,1-4H3. The van der Waals surface area contributed by atoms with Crippen LogP contribution in [0, 0.1) is 0 Å². The molecule has 0 aliphatic carbocycles. The summed E-state index contributed by atoms with van der Waals surface area (Å²) in [6.07, 6.45) is 1.22. The number of hydrogen-bond acceptors (Lipinski definition) is 4. The fourth-order valence-corrected chi connectivity index (χ4v) is 2.60. The van der Waals surface area contributed by atoms with Crippen LogP contribution in [0.3, 0.4) is 0 Å². The topological polar surface area (TPSA) is 49.8 Å². The van der Waals surface area contributed by atoms with Crippen molar-refractivity contribution in [3.63, 3.8) is 0 Å². The second kappa shape index (κ2) is 6.26. The largest absolute Gasteiger partial charge is 0.388 e. The van der Waals surface area contributed by atoms with E-state index in [4.69, 9.17) is 4.74 Å². The first kappa shape index (κ1) is 15.8. The van der Waals surface area contributed by atoms with E-state index in [2.05, 4.69) is 20.8 Å². The van der Waals surface area contributed by atoms with E-state index in [-0.39, 0.29) is 10.7 Å². The molecule has 0 aromatic rings. The maximum absolute atomic E-state index is 12.0. The Morgan fingerprint density at radius 1 is 1.39 bits per heavy atom. The third kappa shape index (κ3) is 5.59. The first-order chi connectivity index (χ1) is 8.22. The van der Waals surface area contributed by atoms with Crippen LogP contribution >= 0.6 is 11.8 Å². The van der Waals surface area contributed by atoms with Gasteiger partial charge in [-0.15, -0.1) is 11.8 Å². The van der Waals surface area contributed by atoms with E-state index in [1.807, 2.05) is 0 Å². The second-order valence-electron chi connectivity index (χ2n) is 5.99. The molecular weight excluding hydrogens is 250 g/mol. The summed E-state index contributed by atoms with van der Waals surface area (Å²) in [6, 6.07) is 0. The predicted octanol–water partition coefficient (Wildman–Crippen LogP) is 1.52. The van der Waals surface area contributed by atoms with Crippen LogP contribution in [0.5, 0.6) is 0 Å². The van der Waals surface area contributed by atoms with Crippen molar-refractivity contribution in [3.05, 3.63) is 0 Å². The normalized spacial score (nSPS) is 19.6. The Bertz CT molecular complexity index is 282. The average molecular weight is 275 g/mol. The van der Waals surface area contributed by atoms with Gasteiger partial charge in [-0.3, -0.25) is 4.79 Å². The molecular formula is C13H25NO3S. The van der Waals surface area contributed by atoms with Gasteiger partial charge in [-0.1, -0.05) is 20.8 Å². The summed E-state index contributed by atoms with van der Waals surface area (Å²) in [5.41, 5.74) is -0.769. The minimum absolute atomic E-state index is 0.0786. The van der Waals surface area contributed by atoms with E-state index < -0.39 is 5.60 Å². The van der Waals surface area contributed by atoms with Crippen LogP contribution in [0.15, 0.2) is 0 Å². The summed E-state index contributed by atoms with van der Waals surface area (Å²) < 4.78 is 5.32. The number of ether oxygens (including phenoxy) is 1. The molecule has 1 saturated heterocycles. The third-order valence-electron chi connectivity index (χ3n) is 3.01. The van der Waals surface area contributed by atoms with Gasteiger partial charge in [-0.05, 0) is 0 Å². The molecule has 0 atom stereocenters. The Hall–Kier alpha value is -0.260. The monoisotopic (exact) mass is 275 g/mol. The smallest absolute Gasteiger partial charge is 0.232 e. The maximum atomic E-state index is 12.0. The zero-order valence-electron chi connectivity index (χ0n) is 11.9. The van der Waals surface area contributed by atoms with Crippen LogP contribution in [-0.4, -0.2) is 58.8 Å². The molecule has 4 nitrogen and oxygen atoms in total. The highest BCUT2D eigenvalue weighted by Crippen LogP contribution is 2.24. The van der Waals surface area contributed by atoms with Gasteiger partial charge in [0.15, 0.2) is 0 Å². The van der Waals surface area contributed by atoms with E-state index in [0.29, 0.717) is 38.4 Å². The Morgan fingerprint density at radius 3 is 2.44 bits per heavy atom. The van der Waals surface area contributed by atoms with Crippen molar-refractivity contribution in [2.45, 2.75) is 44.0 Å². The molecule has 0 aromatic carbocycles. The fourth-order valence-electron chi connectivity index (χ4n) is 1.83. The summed E-state index contributed by atoms with van der Waals surface area (Å²) in [4.78, 5) is 13.6. The SMILES string of the molecule is CN(CC1(O)CCOCC1)C(=O)CSC(C)(C)C. The zero-order valence-corrected chi connectivity index (χ0v) is 12.7. The van der Waals surface area contributed by atoms with Crippen LogP contribution in [0.4, 0.5) is 0 Å². The molecule has 1 N–H and O–H groups in total. The predicted molar refractivity (Wildman–Crippen MR) is 74.9 cm³/mol. The van der Waals surface area contributed by atoms with Gasteiger partial charge in [0.25, 0.3) is 0 Å². The van der Waals surface area contributed by atoms with Crippen LogP contribution in [0.2, 0.25) is 0 Å². The van der Waals surface area contributed by atoms with Crippen LogP contribution in [-0.2, 0) is 9.53 Å². The second-order valence-corrected chi connectivity index (χ2v) is 7.79. The van der Waals surface area contributed by atoms with Gasteiger partial charge in [0, 0.05) is 44.4 Å². The van der Waals surface area contributed by atoms with Crippen molar-refractivity contribution in [2.75, 3.05) is 32.6 Å². The maximum Gasteiger partial charge on any atom is 0.232 e. The van der Waals surface area contributed by atoms with Crippen LogP contribution < -0.4 is 0 Å². The van der Waals surface area contributed by atoms with Crippen LogP contribution in [0.25, 0.3) is 0 Å². The number of thioether (sulfide) groups is 1. The van der Waals surface area contributed by atoms with Gasteiger partial charge in [-0.25, -0.2) is 0 Å². The molecule has 1 aliphatic rings. The van der Waals surface area contributed by atoms with E-state index in [1.165, 1.54) is 0 Å². The van der Waals surface area contributed by atoms with Crippen LogP contribution in [0.1, 0.15) is 33.6 Å². The van der Waals surface area contributed by atoms with Gasteiger partial charge in [0.1, 0.15) is 0 Å². The lowest BCUT2D eigenvalue weighted by Gasteiger charge is -2.35. The molecule has 1 rings (SSSR count). The van der Waals surface area contributed by atoms with Crippen molar-refractivity contribution in [3.8, 4) is 0 Å². The van der Waals surface area contributed by atoms with E-state index >= 15 is 0 Å². The van der Waals surface area contributed by atoms with Gasteiger partial charge < -0.3 is 14.7 Å². The highest BCUT2D eigenvalue weighted by atomic mass is 32.2. The Balaban J connectivity index is 2.39. The Kier molecular flexibility index (Phi) is 5.49. The van der Waals surface area contributed by atoms with E-state index in [0.717, 1.165) is 0 Å². The molecule has 106 valence electrons. The minimum atomic E-state index is -0.769. The minimum Gasteiger partial charge on any atom is -0.388 e. The number of carbonyl (C=O) groups excluding carboxylic acids is 1. The van der Waals surface area contributed by atoms with Gasteiger partial charge in [0.2, 0.25) is 5.91 Å². The first-order valence-corrected chi connectivity index (χ1v) is 7.38. The number of rotatable bonds is 4. The van der Waals surface area contributed by atoms with Crippen molar-refractivity contribution >= 4 is 17.7 Å². The molecule has 0 unspecified atom stereocenters. The molecule has 0 spiro atoms. The molecule has 0 aromatic heterocycles. The van der Waals surface area contributed by atoms with E-state index in [9.17, 15) is 9.90 Å². The molecule has 0 radical (unpaired) electrons. The first-order valence-electron chi connectivity index (χ1n) is 6.40. The zero-order chi connectivity index (χ0) is 13.8. The van der Waals surface area contributed by atoms with Crippen molar-refractivity contribution in [1.29, 1.82) is 0 Å². The number of amides is 1. The molecule has 1 aliphatic heterocycles. The van der Waals surface area contributed by atoms with Crippen molar-refractivity contribution < 1.29 is 14.6 Å². The number of carbonyl (C=O) groups is 1. The highest BCUT2D eigenvalue weighted by molar-refractivity contribution is 8.01. The number of hydrogen-bond donors (Lipinski definition) is 1. The molecule has 5 heteroatoms. The average Bonchev–Trinajstić information content (AvgIpc) is 2.25. The summed E-state index contributed by atoms with van der Waals surface area (Å²) >= 11 is 1.63. The third-order valence-corrected chi connectivity index (χ3v) is 4.27. The summed E-state index contributed by atoms with van der Waals surface area (Å²) in [5, 5.41) is 10.3. The van der Waals surface area contributed by atoms with Gasteiger partial charge in [-0.2, -0.15) is 0 Å². The summed E-state index contributed by atoms with van der Waals surface area (Å²) in [7, 11) is 1.76. The van der Waals surface area contributed by atoms with Gasteiger partial charge >= 0.3 is 0 Å². The number of aliphatic hydroxyl groups is 1. The molecule has 0 saturated carbocycles. The highest BCUT2D eigenvalue weighted by Gasteiger charge is 2.32.